The number of carbonyl (C=O) groups is 3. The third-order valence-corrected chi connectivity index (χ3v) is 5.26. The molecule has 0 atom stereocenters. The molecule has 1 aromatic heterocycles. The van der Waals surface area contributed by atoms with E-state index in [9.17, 15) is 19.2 Å². The van der Waals surface area contributed by atoms with Gasteiger partial charge in [-0.3, -0.25) is 29.1 Å². The van der Waals surface area contributed by atoms with Gasteiger partial charge in [-0.05, 0) is 37.5 Å². The second-order valence-corrected chi connectivity index (χ2v) is 7.23. The normalized spacial score (nSPS) is 16.1. The highest BCUT2D eigenvalue weighted by atomic mass is 35.5. The van der Waals surface area contributed by atoms with Crippen molar-refractivity contribution in [2.45, 2.75) is 19.3 Å². The number of carbonyl (C=O) groups excluding carboxylic acids is 3. The van der Waals surface area contributed by atoms with Crippen LogP contribution in [0.15, 0.2) is 29.1 Å². The minimum absolute atomic E-state index is 0.0679. The molecular weight excluding hydrogens is 384 g/mol. The predicted molar refractivity (Wildman–Crippen MR) is 103 cm³/mol. The van der Waals surface area contributed by atoms with Gasteiger partial charge in [-0.1, -0.05) is 11.6 Å². The van der Waals surface area contributed by atoms with E-state index in [1.165, 1.54) is 18.2 Å². The zero-order valence-corrected chi connectivity index (χ0v) is 15.6. The minimum atomic E-state index is -0.677. The Morgan fingerprint density at radius 3 is 2.46 bits per heavy atom. The Morgan fingerprint density at radius 1 is 1.04 bits per heavy atom. The van der Waals surface area contributed by atoms with Crippen molar-refractivity contribution < 1.29 is 14.4 Å². The van der Waals surface area contributed by atoms with E-state index in [4.69, 9.17) is 17.3 Å². The molecule has 1 fully saturated rings. The van der Waals surface area contributed by atoms with E-state index >= 15 is 0 Å². The SMILES string of the molecule is Nc1c2c(cc(=O)n1-c1ccc(Cl)cc1C(=O)N1CCCCC1)C(=O)NC2=O. The third-order valence-electron chi connectivity index (χ3n) is 5.03. The highest BCUT2D eigenvalue weighted by molar-refractivity contribution is 6.31. The van der Waals surface area contributed by atoms with Crippen molar-refractivity contribution in [1.82, 2.24) is 14.8 Å². The minimum Gasteiger partial charge on any atom is -0.384 e. The van der Waals surface area contributed by atoms with E-state index < -0.39 is 17.4 Å². The number of benzene rings is 1. The van der Waals surface area contributed by atoms with Gasteiger partial charge in [0.2, 0.25) is 0 Å². The molecule has 28 heavy (non-hydrogen) atoms. The fourth-order valence-electron chi connectivity index (χ4n) is 3.67. The van der Waals surface area contributed by atoms with Gasteiger partial charge in [0.05, 0.1) is 22.4 Å². The van der Waals surface area contributed by atoms with Gasteiger partial charge in [0.25, 0.3) is 23.3 Å². The van der Waals surface area contributed by atoms with Crippen LogP contribution >= 0.6 is 11.6 Å². The average molecular weight is 401 g/mol. The zero-order chi connectivity index (χ0) is 20.0. The summed E-state index contributed by atoms with van der Waals surface area (Å²) in [5.74, 6) is -1.80. The molecule has 8 nitrogen and oxygen atoms in total. The van der Waals surface area contributed by atoms with E-state index in [1.54, 1.807) is 4.90 Å². The maximum Gasteiger partial charge on any atom is 0.262 e. The van der Waals surface area contributed by atoms with Crippen LogP contribution in [0.2, 0.25) is 5.02 Å². The van der Waals surface area contributed by atoms with E-state index in [-0.39, 0.29) is 34.1 Å². The Balaban J connectivity index is 1.91. The number of fused-ring (bicyclic) bond motifs is 1. The topological polar surface area (TPSA) is 114 Å². The molecule has 3 amide bonds. The van der Waals surface area contributed by atoms with Crippen LogP contribution in [0.25, 0.3) is 5.69 Å². The highest BCUT2D eigenvalue weighted by Gasteiger charge is 2.33. The van der Waals surface area contributed by atoms with Crippen LogP contribution in [-0.4, -0.2) is 40.3 Å². The van der Waals surface area contributed by atoms with Gasteiger partial charge in [0.1, 0.15) is 5.82 Å². The van der Waals surface area contributed by atoms with Crippen LogP contribution in [0.3, 0.4) is 0 Å². The molecule has 0 bridgehead atoms. The Morgan fingerprint density at radius 2 is 1.75 bits per heavy atom. The summed E-state index contributed by atoms with van der Waals surface area (Å²) in [5.41, 5.74) is 5.78. The van der Waals surface area contributed by atoms with E-state index in [0.29, 0.717) is 18.1 Å². The van der Waals surface area contributed by atoms with Crippen molar-refractivity contribution in [3.8, 4) is 5.69 Å². The number of rotatable bonds is 2. The fraction of sp³-hybridized carbons (Fsp3) is 0.263. The molecule has 1 aromatic carbocycles. The van der Waals surface area contributed by atoms with Crippen LogP contribution < -0.4 is 16.6 Å². The van der Waals surface area contributed by atoms with E-state index in [2.05, 4.69) is 5.32 Å². The van der Waals surface area contributed by atoms with Crippen LogP contribution in [-0.2, 0) is 0 Å². The van der Waals surface area contributed by atoms with Crippen molar-refractivity contribution in [1.29, 1.82) is 0 Å². The summed E-state index contributed by atoms with van der Waals surface area (Å²) < 4.78 is 1.07. The number of halogens is 1. The zero-order valence-electron chi connectivity index (χ0n) is 14.8. The van der Waals surface area contributed by atoms with Crippen molar-refractivity contribution in [2.24, 2.45) is 0 Å². The van der Waals surface area contributed by atoms with Gasteiger partial charge in [-0.25, -0.2) is 0 Å². The van der Waals surface area contributed by atoms with Gasteiger partial charge in [0.15, 0.2) is 0 Å². The number of hydrogen-bond acceptors (Lipinski definition) is 5. The summed E-state index contributed by atoms with van der Waals surface area (Å²) >= 11 is 6.10. The van der Waals surface area contributed by atoms with Crippen molar-refractivity contribution in [3.63, 3.8) is 0 Å². The lowest BCUT2D eigenvalue weighted by Gasteiger charge is -2.28. The number of amides is 3. The standard InChI is InChI=1S/C19H17ClN4O4/c20-10-4-5-13(11(8-10)19(28)23-6-2-1-3-7-23)24-14(25)9-12-15(16(24)21)18(27)22-17(12)26/h4-5,8-9H,1-3,6-7,21H2,(H,22,26,27). The number of anilines is 1. The Bertz CT molecular complexity index is 1090. The molecule has 9 heteroatoms. The first-order valence-electron chi connectivity index (χ1n) is 8.89. The molecule has 2 aromatic rings. The Hall–Kier alpha value is -3.13. The second-order valence-electron chi connectivity index (χ2n) is 6.79. The lowest BCUT2D eigenvalue weighted by Crippen LogP contribution is -2.36. The maximum absolute atomic E-state index is 13.1. The van der Waals surface area contributed by atoms with Crippen LogP contribution in [0.1, 0.15) is 50.3 Å². The first-order valence-corrected chi connectivity index (χ1v) is 9.26. The summed E-state index contributed by atoms with van der Waals surface area (Å²) in [4.78, 5) is 51.5. The molecule has 2 aliphatic rings. The largest absolute Gasteiger partial charge is 0.384 e. The molecule has 0 radical (unpaired) electrons. The van der Waals surface area contributed by atoms with Gasteiger partial charge in [-0.15, -0.1) is 0 Å². The summed E-state index contributed by atoms with van der Waals surface area (Å²) in [7, 11) is 0. The molecule has 4 rings (SSSR count). The van der Waals surface area contributed by atoms with Crippen molar-refractivity contribution >= 4 is 35.1 Å². The summed E-state index contributed by atoms with van der Waals surface area (Å²) in [5, 5.41) is 2.46. The number of pyridine rings is 1. The molecule has 144 valence electrons. The van der Waals surface area contributed by atoms with Crippen molar-refractivity contribution in [3.05, 3.63) is 56.3 Å². The quantitative estimate of drug-likeness (QED) is 0.743. The summed E-state index contributed by atoms with van der Waals surface area (Å²) in [6, 6.07) is 5.58. The van der Waals surface area contributed by atoms with Gasteiger partial charge >= 0.3 is 0 Å². The van der Waals surface area contributed by atoms with E-state index in [1.807, 2.05) is 0 Å². The molecule has 2 aliphatic heterocycles. The van der Waals surface area contributed by atoms with Crippen LogP contribution in [0, 0.1) is 0 Å². The average Bonchev–Trinajstić information content (AvgIpc) is 2.96. The fourth-order valence-corrected chi connectivity index (χ4v) is 3.84. The lowest BCUT2D eigenvalue weighted by atomic mass is 10.1. The number of aromatic nitrogens is 1. The summed E-state index contributed by atoms with van der Waals surface area (Å²) in [6.45, 7) is 1.24. The number of nitrogens with two attached hydrogens (primary N) is 1. The van der Waals surface area contributed by atoms with Crippen LogP contribution in [0.5, 0.6) is 0 Å². The summed E-state index contributed by atoms with van der Waals surface area (Å²) in [6.07, 6.45) is 2.88. The van der Waals surface area contributed by atoms with Gasteiger partial charge in [0, 0.05) is 24.2 Å². The van der Waals surface area contributed by atoms with Crippen LogP contribution in [0.4, 0.5) is 5.82 Å². The monoisotopic (exact) mass is 400 g/mol. The highest BCUT2D eigenvalue weighted by Crippen LogP contribution is 2.27. The first kappa shape index (κ1) is 18.2. The van der Waals surface area contributed by atoms with Crippen molar-refractivity contribution in [2.75, 3.05) is 18.8 Å². The number of nitrogens with zero attached hydrogens (tertiary/aromatic N) is 2. The first-order chi connectivity index (χ1) is 13.4. The maximum atomic E-state index is 13.1. The smallest absolute Gasteiger partial charge is 0.262 e. The number of imide groups is 1. The molecule has 0 saturated carbocycles. The number of likely N-dealkylation sites (tertiary alicyclic amines) is 1. The molecule has 3 N–H and O–H groups in total. The van der Waals surface area contributed by atoms with E-state index in [0.717, 1.165) is 29.9 Å². The third kappa shape index (κ3) is 2.86. The Kier molecular flexibility index (Phi) is 4.43. The van der Waals surface area contributed by atoms with Gasteiger partial charge < -0.3 is 10.6 Å². The molecular formula is C19H17ClN4O4. The molecule has 0 spiro atoms. The predicted octanol–water partition coefficient (Wildman–Crippen LogP) is 1.58. The second kappa shape index (κ2) is 6.79. The van der Waals surface area contributed by atoms with Gasteiger partial charge in [-0.2, -0.15) is 0 Å². The molecule has 3 heterocycles. The number of nitrogen functional groups attached to an aromatic ring is 1. The molecule has 0 unspecified atom stereocenters. The molecule has 0 aliphatic carbocycles. The Labute approximate surface area is 164 Å². The number of piperidine rings is 1. The number of hydrogen-bond donors (Lipinski definition) is 2. The lowest BCUT2D eigenvalue weighted by molar-refractivity contribution is 0.0723. The number of nitrogens with one attached hydrogen (secondary N) is 1. The molecule has 1 saturated heterocycles.